The number of thioether (sulfide) groups is 1. The van der Waals surface area contributed by atoms with Crippen LogP contribution in [0.15, 0.2) is 63.0 Å². The normalized spacial score (nSPS) is 11.8. The van der Waals surface area contributed by atoms with Crippen LogP contribution in [-0.4, -0.2) is 26.7 Å². The number of benzene rings is 2. The van der Waals surface area contributed by atoms with Gasteiger partial charge < -0.3 is 0 Å². The molecule has 0 saturated carbocycles. The summed E-state index contributed by atoms with van der Waals surface area (Å²) >= 11 is 1.54. The van der Waals surface area contributed by atoms with E-state index in [1.807, 2.05) is 57.8 Å². The van der Waals surface area contributed by atoms with Crippen LogP contribution < -0.4 is 11.1 Å². The number of hydrogen-bond donors (Lipinski definition) is 4. The Morgan fingerprint density at radius 3 is 1.34 bits per heavy atom. The third-order valence-electron chi connectivity index (χ3n) is 5.67. The van der Waals surface area contributed by atoms with Crippen LogP contribution >= 0.6 is 11.8 Å². The van der Waals surface area contributed by atoms with Gasteiger partial charge in [-0.25, -0.2) is 0 Å². The maximum Gasteiger partial charge on any atom is 0.433 e. The summed E-state index contributed by atoms with van der Waals surface area (Å²) in [6.45, 7) is 1.99. The van der Waals surface area contributed by atoms with Gasteiger partial charge in [0.2, 0.25) is 0 Å². The van der Waals surface area contributed by atoms with Gasteiger partial charge in [0.15, 0.2) is 0 Å². The van der Waals surface area contributed by atoms with Crippen LogP contribution in [0.3, 0.4) is 0 Å². The molecule has 0 fully saturated rings. The highest BCUT2D eigenvalue weighted by atomic mass is 32.2. The van der Waals surface area contributed by atoms with Gasteiger partial charge in [-0.2, -0.15) is 26.3 Å². The molecular weight excluding hydrogens is 534 g/mol. The van der Waals surface area contributed by atoms with E-state index >= 15 is 0 Å². The monoisotopic (exact) mass is 558 g/mol. The summed E-state index contributed by atoms with van der Waals surface area (Å²) in [5.41, 5.74) is -1.61. The number of alkyl halides is 6. The molecule has 38 heavy (non-hydrogen) atoms. The molecule has 0 aliphatic rings. The second kappa shape index (κ2) is 11.8. The van der Waals surface area contributed by atoms with Crippen LogP contribution in [0.5, 0.6) is 0 Å². The summed E-state index contributed by atoms with van der Waals surface area (Å²) in [5, 5.41) is 7.75. The molecule has 0 unspecified atom stereocenters. The van der Waals surface area contributed by atoms with Crippen molar-refractivity contribution in [1.29, 1.82) is 0 Å². The fraction of sp³-hybridized carbons (Fsp3) is 0.280. The molecule has 2 heterocycles. The Labute approximate surface area is 216 Å². The predicted octanol–water partition coefficient (Wildman–Crippen LogP) is 5.91. The Hall–Kier alpha value is -3.61. The topological polar surface area (TPSA) is 97.3 Å². The number of nitrogens with one attached hydrogen (secondary N) is 4. The fourth-order valence-corrected chi connectivity index (χ4v) is 4.04. The SMILES string of the molecule is CCc1ccc(Cc2c(C(F)(F)F)[nH][nH]c2=O)cc1.CSc1ccc(Cc2c(C(F)(F)F)[nH][nH]c2=O)cc1. The van der Waals surface area contributed by atoms with Crippen LogP contribution in [0.4, 0.5) is 26.3 Å². The van der Waals surface area contributed by atoms with Gasteiger partial charge in [0.1, 0.15) is 11.4 Å². The molecule has 2 aromatic carbocycles. The Balaban J connectivity index is 0.000000211. The fourth-order valence-electron chi connectivity index (χ4n) is 3.63. The molecular formula is C25H24F6N4O2S. The highest BCUT2D eigenvalue weighted by Gasteiger charge is 2.37. The average Bonchev–Trinajstić information content (AvgIpc) is 3.42. The predicted molar refractivity (Wildman–Crippen MR) is 132 cm³/mol. The van der Waals surface area contributed by atoms with Gasteiger partial charge in [0.05, 0.1) is 11.1 Å². The Kier molecular flexibility index (Phi) is 9.02. The summed E-state index contributed by atoms with van der Waals surface area (Å²) in [6, 6.07) is 14.3. The van der Waals surface area contributed by atoms with E-state index in [0.29, 0.717) is 11.1 Å². The first-order valence-corrected chi connectivity index (χ1v) is 12.5. The van der Waals surface area contributed by atoms with E-state index in [4.69, 9.17) is 0 Å². The molecule has 0 aliphatic heterocycles. The number of aromatic nitrogens is 4. The van der Waals surface area contributed by atoms with Gasteiger partial charge in [0.25, 0.3) is 11.1 Å². The molecule has 0 radical (unpaired) electrons. The summed E-state index contributed by atoms with van der Waals surface area (Å²) in [5.74, 6) is 0. The van der Waals surface area contributed by atoms with Crippen molar-refractivity contribution in [3.05, 3.63) is 108 Å². The minimum Gasteiger partial charge on any atom is -0.293 e. The maximum absolute atomic E-state index is 12.7. The highest BCUT2D eigenvalue weighted by Crippen LogP contribution is 2.30. The van der Waals surface area contributed by atoms with Gasteiger partial charge in [0, 0.05) is 17.7 Å². The first kappa shape index (κ1) is 29.0. The minimum absolute atomic E-state index is 0.0440. The van der Waals surface area contributed by atoms with Crippen molar-refractivity contribution in [2.45, 2.75) is 43.4 Å². The maximum atomic E-state index is 12.7. The molecule has 4 N–H and O–H groups in total. The molecule has 4 rings (SSSR count). The van der Waals surface area contributed by atoms with Crippen LogP contribution in [0.1, 0.15) is 46.1 Å². The molecule has 2 aromatic heterocycles. The van der Waals surface area contributed by atoms with Crippen LogP contribution in [0.25, 0.3) is 0 Å². The second-order valence-corrected chi connectivity index (χ2v) is 9.11. The van der Waals surface area contributed by atoms with Gasteiger partial charge >= 0.3 is 12.4 Å². The quantitative estimate of drug-likeness (QED) is 0.175. The van der Waals surface area contributed by atoms with E-state index in [-0.39, 0.29) is 24.0 Å². The second-order valence-electron chi connectivity index (χ2n) is 8.23. The van der Waals surface area contributed by atoms with Crippen molar-refractivity contribution in [1.82, 2.24) is 20.4 Å². The molecule has 13 heteroatoms. The van der Waals surface area contributed by atoms with E-state index < -0.39 is 34.9 Å². The molecule has 0 bridgehead atoms. The highest BCUT2D eigenvalue weighted by molar-refractivity contribution is 7.98. The molecule has 204 valence electrons. The van der Waals surface area contributed by atoms with E-state index in [0.717, 1.165) is 16.9 Å². The van der Waals surface area contributed by atoms with E-state index in [2.05, 4.69) is 0 Å². The van der Waals surface area contributed by atoms with Crippen molar-refractivity contribution in [3.8, 4) is 0 Å². The smallest absolute Gasteiger partial charge is 0.293 e. The van der Waals surface area contributed by atoms with Crippen molar-refractivity contribution in [2.75, 3.05) is 6.26 Å². The molecule has 4 aromatic rings. The molecule has 0 spiro atoms. The molecule has 6 nitrogen and oxygen atoms in total. The third-order valence-corrected chi connectivity index (χ3v) is 6.42. The van der Waals surface area contributed by atoms with Gasteiger partial charge in [-0.15, -0.1) is 11.8 Å². The van der Waals surface area contributed by atoms with Crippen molar-refractivity contribution < 1.29 is 26.3 Å². The minimum atomic E-state index is -4.56. The molecule has 0 aliphatic carbocycles. The Bertz CT molecular complexity index is 1330. The number of aromatic amines is 4. The Morgan fingerprint density at radius 1 is 0.632 bits per heavy atom. The number of H-pyrrole nitrogens is 4. The summed E-state index contributed by atoms with van der Waals surface area (Å²) < 4.78 is 76.1. The van der Waals surface area contributed by atoms with Gasteiger partial charge in [-0.05, 0) is 41.5 Å². The van der Waals surface area contributed by atoms with Crippen LogP contribution in [-0.2, 0) is 31.6 Å². The van der Waals surface area contributed by atoms with Crippen molar-refractivity contribution in [2.24, 2.45) is 0 Å². The summed E-state index contributed by atoms with van der Waals surface area (Å²) in [7, 11) is 0. The van der Waals surface area contributed by atoms with E-state index in [1.165, 1.54) is 0 Å². The van der Waals surface area contributed by atoms with Crippen LogP contribution in [0.2, 0.25) is 0 Å². The summed E-state index contributed by atoms with van der Waals surface area (Å²) in [6.07, 6.45) is -6.45. The van der Waals surface area contributed by atoms with E-state index in [1.54, 1.807) is 36.0 Å². The summed E-state index contributed by atoms with van der Waals surface area (Å²) in [4.78, 5) is 23.9. The average molecular weight is 559 g/mol. The number of halogens is 6. The lowest BCUT2D eigenvalue weighted by molar-refractivity contribution is -0.142. The Morgan fingerprint density at radius 2 is 1.00 bits per heavy atom. The van der Waals surface area contributed by atoms with E-state index in [9.17, 15) is 35.9 Å². The first-order valence-electron chi connectivity index (χ1n) is 11.3. The zero-order chi connectivity index (χ0) is 28.1. The van der Waals surface area contributed by atoms with Crippen molar-refractivity contribution in [3.63, 3.8) is 0 Å². The molecule has 0 saturated heterocycles. The number of rotatable bonds is 6. The largest absolute Gasteiger partial charge is 0.433 e. The third kappa shape index (κ3) is 7.24. The zero-order valence-electron chi connectivity index (χ0n) is 20.2. The number of hydrogen-bond acceptors (Lipinski definition) is 3. The lowest BCUT2D eigenvalue weighted by Gasteiger charge is -2.06. The van der Waals surface area contributed by atoms with Gasteiger partial charge in [-0.1, -0.05) is 43.3 Å². The standard InChI is InChI=1S/C13H13F3N2O.C12H11F3N2OS/c1-2-8-3-5-9(6-4-8)7-10-11(13(14,15)16)17-18-12(10)19;1-19-8-4-2-7(3-5-8)6-9-10(12(13,14)15)16-17-11(9)18/h3-6H,2,7H2,1H3,(H2,17,18,19);2-5H,6H2,1H3,(H2,16,17,18). The van der Waals surface area contributed by atoms with Crippen molar-refractivity contribution >= 4 is 11.8 Å². The lowest BCUT2D eigenvalue weighted by Crippen LogP contribution is -2.13. The molecule has 0 amide bonds. The molecule has 0 atom stereocenters. The zero-order valence-corrected chi connectivity index (χ0v) is 21.0. The lowest BCUT2D eigenvalue weighted by atomic mass is 10.0. The van der Waals surface area contributed by atoms with Crippen LogP contribution in [0, 0.1) is 0 Å². The number of aryl methyl sites for hydroxylation is 1. The van der Waals surface area contributed by atoms with Gasteiger partial charge in [-0.3, -0.25) is 30.0 Å². The first-order chi connectivity index (χ1) is 17.8.